The molecule has 3 aromatic rings. The molecule has 0 bridgehead atoms. The number of aryl methyl sites for hydroxylation is 1. The first-order chi connectivity index (χ1) is 18.8. The summed E-state index contributed by atoms with van der Waals surface area (Å²) in [5.74, 6) is 0.405. The second-order valence-corrected chi connectivity index (χ2v) is 12.9. The highest BCUT2D eigenvalue weighted by Crippen LogP contribution is 2.42. The molecule has 0 spiro atoms. The molecule has 2 heterocycles. The summed E-state index contributed by atoms with van der Waals surface area (Å²) in [6, 6.07) is 11.6. The van der Waals surface area contributed by atoms with Crippen LogP contribution >= 0.6 is 11.3 Å². The van der Waals surface area contributed by atoms with Gasteiger partial charge in [-0.25, -0.2) is 14.8 Å². The number of nitrogens with zero attached hydrogens (tertiary/aromatic N) is 1. The summed E-state index contributed by atoms with van der Waals surface area (Å²) in [6.45, 7) is 2.03. The molecular weight excluding hydrogens is 515 g/mol. The molecule has 1 aliphatic heterocycles. The summed E-state index contributed by atoms with van der Waals surface area (Å²) in [5.41, 5.74) is 8.56. The number of ether oxygens (including phenoxy) is 1. The van der Waals surface area contributed by atoms with Crippen molar-refractivity contribution in [1.29, 1.82) is 0 Å². The highest BCUT2D eigenvalue weighted by Gasteiger charge is 2.44. The zero-order valence-corrected chi connectivity index (χ0v) is 23.3. The van der Waals surface area contributed by atoms with Gasteiger partial charge in [0.05, 0.1) is 34.0 Å². The molecule has 3 fully saturated rings. The first-order valence-electron chi connectivity index (χ1n) is 14.0. The van der Waals surface area contributed by atoms with Crippen molar-refractivity contribution in [2.45, 2.75) is 82.0 Å². The largest absolute Gasteiger partial charge is 0.496 e. The van der Waals surface area contributed by atoms with Gasteiger partial charge in [-0.05, 0) is 87.6 Å². The molecular formula is C30H37FN4O3S. The van der Waals surface area contributed by atoms with E-state index in [1.165, 1.54) is 23.4 Å². The number of hydrogen-bond acceptors (Lipinski definition) is 7. The zero-order chi connectivity index (χ0) is 27.1. The van der Waals surface area contributed by atoms with Gasteiger partial charge in [-0.3, -0.25) is 10.2 Å². The van der Waals surface area contributed by atoms with Crippen LogP contribution in [0.15, 0.2) is 36.4 Å². The number of aliphatic hydroxyl groups is 1. The van der Waals surface area contributed by atoms with E-state index >= 15 is 0 Å². The molecule has 2 saturated carbocycles. The number of nitrogens with one attached hydrogen (secondary N) is 3. The number of halogens is 1. The number of aromatic nitrogens is 1. The van der Waals surface area contributed by atoms with Gasteiger partial charge in [0.2, 0.25) is 5.91 Å². The average Bonchev–Trinajstić information content (AvgIpc) is 3.51. The molecule has 4 unspecified atom stereocenters. The Bertz CT molecular complexity index is 1370. The molecule has 6 atom stereocenters. The molecule has 6 rings (SSSR count). The van der Waals surface area contributed by atoms with E-state index in [-0.39, 0.29) is 36.1 Å². The van der Waals surface area contributed by atoms with E-state index in [1.54, 1.807) is 23.5 Å². The lowest BCUT2D eigenvalue weighted by Crippen LogP contribution is -2.49. The molecule has 3 aliphatic rings. The van der Waals surface area contributed by atoms with Crippen molar-refractivity contribution >= 4 is 27.5 Å². The van der Waals surface area contributed by atoms with Gasteiger partial charge in [0.1, 0.15) is 11.6 Å². The number of hydrogen-bond donors (Lipinski definition) is 4. The summed E-state index contributed by atoms with van der Waals surface area (Å²) in [5, 5.41) is 15.8. The highest BCUT2D eigenvalue weighted by molar-refractivity contribution is 7.18. The lowest BCUT2D eigenvalue weighted by Gasteiger charge is -2.39. The van der Waals surface area contributed by atoms with Crippen LogP contribution in [0.2, 0.25) is 0 Å². The maximum absolute atomic E-state index is 14.6. The molecule has 4 N–H and O–H groups in total. The van der Waals surface area contributed by atoms with Gasteiger partial charge < -0.3 is 15.2 Å². The summed E-state index contributed by atoms with van der Waals surface area (Å²) in [6.07, 6.45) is 5.35. The number of fused-ring (bicyclic) bond motifs is 2. The van der Waals surface area contributed by atoms with E-state index in [2.05, 4.69) is 39.4 Å². The van der Waals surface area contributed by atoms with Crippen LogP contribution in [0.25, 0.3) is 10.2 Å². The number of hydrazine groups is 1. The number of rotatable bonds is 6. The van der Waals surface area contributed by atoms with Gasteiger partial charge in [-0.1, -0.05) is 12.1 Å². The van der Waals surface area contributed by atoms with Gasteiger partial charge in [0.15, 0.2) is 0 Å². The summed E-state index contributed by atoms with van der Waals surface area (Å²) in [7, 11) is 1.51. The van der Waals surface area contributed by atoms with Crippen molar-refractivity contribution in [3.63, 3.8) is 0 Å². The Morgan fingerprint density at radius 1 is 1.26 bits per heavy atom. The number of carbonyl (C=O) groups excluding carboxylic acids is 1. The van der Waals surface area contributed by atoms with Crippen molar-refractivity contribution in [2.75, 3.05) is 7.11 Å². The zero-order valence-electron chi connectivity index (χ0n) is 22.5. The maximum atomic E-state index is 14.6. The third-order valence-electron chi connectivity index (χ3n) is 8.97. The lowest BCUT2D eigenvalue weighted by molar-refractivity contribution is -0.128. The van der Waals surface area contributed by atoms with Crippen LogP contribution in [0.3, 0.4) is 0 Å². The van der Waals surface area contributed by atoms with Gasteiger partial charge in [0, 0.05) is 30.0 Å². The first kappa shape index (κ1) is 26.6. The SMILES string of the molecule is COc1cccc(F)c1C[C@@]1(O)CCC[C@@H](NC(=O)C2CCC3NNC(c4ccc5nc(C)sc5c4)C3C2)C1. The third-order valence-corrected chi connectivity index (χ3v) is 9.90. The lowest BCUT2D eigenvalue weighted by atomic mass is 9.73. The molecule has 0 radical (unpaired) electrons. The fraction of sp³-hybridized carbons (Fsp3) is 0.533. The Kier molecular flexibility index (Phi) is 7.35. The molecule has 7 nitrogen and oxygen atoms in total. The molecule has 1 saturated heterocycles. The fourth-order valence-corrected chi connectivity index (χ4v) is 7.92. The number of amides is 1. The number of methoxy groups -OCH3 is 1. The van der Waals surface area contributed by atoms with E-state index in [0.717, 1.165) is 42.6 Å². The Balaban J connectivity index is 1.11. The minimum absolute atomic E-state index is 0.0634. The quantitative estimate of drug-likeness (QED) is 0.354. The van der Waals surface area contributed by atoms with Crippen molar-refractivity contribution in [1.82, 2.24) is 21.2 Å². The Labute approximate surface area is 232 Å². The van der Waals surface area contributed by atoms with Crippen LogP contribution in [-0.2, 0) is 11.2 Å². The molecule has 9 heteroatoms. The summed E-state index contributed by atoms with van der Waals surface area (Å²) >= 11 is 1.71. The van der Waals surface area contributed by atoms with Crippen molar-refractivity contribution in [2.24, 2.45) is 11.8 Å². The van der Waals surface area contributed by atoms with E-state index in [9.17, 15) is 14.3 Å². The monoisotopic (exact) mass is 552 g/mol. The molecule has 208 valence electrons. The second kappa shape index (κ2) is 10.8. The van der Waals surface area contributed by atoms with Crippen LogP contribution in [0.1, 0.15) is 67.1 Å². The normalized spacial score (nSPS) is 30.7. The molecule has 39 heavy (non-hydrogen) atoms. The van der Waals surface area contributed by atoms with Crippen LogP contribution in [0.5, 0.6) is 5.75 Å². The standard InChI is InChI=1S/C30H37FN4O3S/c1-17-32-25-11-8-18(14-27(25)39-17)28-21-13-19(9-10-24(21)34-35-28)29(36)33-20-5-4-12-30(37,15-20)16-22-23(31)6-3-7-26(22)38-2/h3,6-8,11,14,19-21,24,28,34-35,37H,4-5,9-10,12-13,15-16H2,1-2H3,(H,33,36)/t19?,20-,21?,24?,28?,30-/m1/s1. The predicted octanol–water partition coefficient (Wildman–Crippen LogP) is 4.72. The van der Waals surface area contributed by atoms with Gasteiger partial charge in [0.25, 0.3) is 0 Å². The number of benzene rings is 2. The maximum Gasteiger partial charge on any atom is 0.223 e. The van der Waals surface area contributed by atoms with Gasteiger partial charge in [-0.2, -0.15) is 0 Å². The molecule has 1 aromatic heterocycles. The number of thiazole rings is 1. The highest BCUT2D eigenvalue weighted by atomic mass is 32.1. The summed E-state index contributed by atoms with van der Waals surface area (Å²) < 4.78 is 21.1. The van der Waals surface area contributed by atoms with Gasteiger partial charge >= 0.3 is 0 Å². The van der Waals surface area contributed by atoms with Crippen molar-refractivity contribution < 1.29 is 19.0 Å². The van der Waals surface area contributed by atoms with E-state index in [0.29, 0.717) is 36.1 Å². The topological polar surface area (TPSA) is 95.5 Å². The molecule has 1 amide bonds. The Morgan fingerprint density at radius 2 is 2.13 bits per heavy atom. The van der Waals surface area contributed by atoms with Crippen molar-refractivity contribution in [3.8, 4) is 5.75 Å². The minimum atomic E-state index is -1.08. The van der Waals surface area contributed by atoms with Gasteiger partial charge in [-0.15, -0.1) is 11.3 Å². The van der Waals surface area contributed by atoms with Crippen molar-refractivity contribution in [3.05, 3.63) is 58.3 Å². The van der Waals surface area contributed by atoms with E-state index in [4.69, 9.17) is 4.74 Å². The number of carbonyl (C=O) groups is 1. The van der Waals surface area contributed by atoms with Crippen LogP contribution < -0.4 is 20.9 Å². The third kappa shape index (κ3) is 5.42. The van der Waals surface area contributed by atoms with Crippen LogP contribution in [-0.4, -0.2) is 40.8 Å². The first-order valence-corrected chi connectivity index (χ1v) is 14.9. The summed E-state index contributed by atoms with van der Waals surface area (Å²) in [4.78, 5) is 18.1. The Hall–Kier alpha value is -2.59. The smallest absolute Gasteiger partial charge is 0.223 e. The van der Waals surface area contributed by atoms with Crippen LogP contribution in [0.4, 0.5) is 4.39 Å². The molecule has 2 aliphatic carbocycles. The molecule has 2 aromatic carbocycles. The predicted molar refractivity (Wildman–Crippen MR) is 150 cm³/mol. The van der Waals surface area contributed by atoms with E-state index in [1.807, 2.05) is 6.92 Å². The van der Waals surface area contributed by atoms with E-state index < -0.39 is 5.60 Å². The van der Waals surface area contributed by atoms with Crippen LogP contribution in [0, 0.1) is 24.6 Å². The average molecular weight is 553 g/mol. The second-order valence-electron chi connectivity index (χ2n) is 11.6. The fourth-order valence-electron chi connectivity index (χ4n) is 7.05. The minimum Gasteiger partial charge on any atom is -0.496 e. The Morgan fingerprint density at radius 3 is 2.97 bits per heavy atom.